The SMILES string of the molecule is CC(=O)O[C@@H]1CC[C@H]2O[C@@H]1CC[C@H]2O. The predicted molar refractivity (Wildman–Crippen MR) is 48.7 cm³/mol. The number of fused-ring (bicyclic) bond motifs is 2. The van der Waals surface area contributed by atoms with Gasteiger partial charge in [0, 0.05) is 6.92 Å². The Hall–Kier alpha value is -0.610. The summed E-state index contributed by atoms with van der Waals surface area (Å²) in [5, 5.41) is 9.56. The van der Waals surface area contributed by atoms with Crippen molar-refractivity contribution in [3.05, 3.63) is 0 Å². The van der Waals surface area contributed by atoms with Crippen molar-refractivity contribution in [2.24, 2.45) is 0 Å². The molecule has 0 aromatic carbocycles. The lowest BCUT2D eigenvalue weighted by molar-refractivity contribution is -0.198. The van der Waals surface area contributed by atoms with Crippen LogP contribution in [0.15, 0.2) is 0 Å². The van der Waals surface area contributed by atoms with Gasteiger partial charge in [0.05, 0.1) is 18.3 Å². The molecule has 0 spiro atoms. The quantitative estimate of drug-likeness (QED) is 0.630. The highest BCUT2D eigenvalue weighted by molar-refractivity contribution is 5.66. The maximum Gasteiger partial charge on any atom is 0.302 e. The zero-order valence-corrected chi connectivity index (χ0v) is 8.31. The van der Waals surface area contributed by atoms with Gasteiger partial charge in [-0.25, -0.2) is 0 Å². The summed E-state index contributed by atoms with van der Waals surface area (Å²) >= 11 is 0. The average molecular weight is 200 g/mol. The number of rotatable bonds is 1. The third-order valence-electron chi connectivity index (χ3n) is 2.99. The fourth-order valence-corrected chi connectivity index (χ4v) is 2.30. The monoisotopic (exact) mass is 200 g/mol. The summed E-state index contributed by atoms with van der Waals surface area (Å²) in [6.45, 7) is 1.42. The third kappa shape index (κ3) is 1.91. The van der Waals surface area contributed by atoms with Gasteiger partial charge in [0.25, 0.3) is 0 Å². The van der Waals surface area contributed by atoms with Crippen molar-refractivity contribution in [1.29, 1.82) is 0 Å². The Kier molecular flexibility index (Phi) is 2.74. The van der Waals surface area contributed by atoms with Crippen LogP contribution in [0, 0.1) is 0 Å². The maximum absolute atomic E-state index is 10.8. The Labute approximate surface area is 83.2 Å². The van der Waals surface area contributed by atoms with E-state index in [9.17, 15) is 9.90 Å². The van der Waals surface area contributed by atoms with E-state index in [4.69, 9.17) is 9.47 Å². The van der Waals surface area contributed by atoms with Crippen LogP contribution in [-0.4, -0.2) is 35.5 Å². The molecule has 2 rings (SSSR count). The van der Waals surface area contributed by atoms with Crippen LogP contribution in [0.5, 0.6) is 0 Å². The first kappa shape index (κ1) is 9.93. The van der Waals surface area contributed by atoms with Gasteiger partial charge in [0.1, 0.15) is 6.10 Å². The van der Waals surface area contributed by atoms with E-state index in [0.29, 0.717) is 0 Å². The number of esters is 1. The first-order valence-corrected chi connectivity index (χ1v) is 5.17. The highest BCUT2D eigenvalue weighted by Crippen LogP contribution is 2.32. The van der Waals surface area contributed by atoms with Gasteiger partial charge in [-0.05, 0) is 25.7 Å². The molecule has 4 heteroatoms. The van der Waals surface area contributed by atoms with E-state index in [1.54, 1.807) is 0 Å². The Morgan fingerprint density at radius 1 is 1.29 bits per heavy atom. The van der Waals surface area contributed by atoms with E-state index >= 15 is 0 Å². The Balaban J connectivity index is 1.95. The van der Waals surface area contributed by atoms with E-state index in [1.807, 2.05) is 0 Å². The summed E-state index contributed by atoms with van der Waals surface area (Å²) in [4.78, 5) is 10.8. The number of ether oxygens (including phenoxy) is 2. The minimum atomic E-state index is -0.329. The first-order chi connectivity index (χ1) is 6.66. The largest absolute Gasteiger partial charge is 0.460 e. The number of hydrogen-bond acceptors (Lipinski definition) is 4. The van der Waals surface area contributed by atoms with Gasteiger partial charge in [-0.15, -0.1) is 0 Å². The van der Waals surface area contributed by atoms with Crippen molar-refractivity contribution < 1.29 is 19.4 Å². The Morgan fingerprint density at radius 3 is 2.71 bits per heavy atom. The molecule has 2 aliphatic rings. The summed E-state index contributed by atoms with van der Waals surface area (Å²) in [6.07, 6.45) is 2.67. The third-order valence-corrected chi connectivity index (χ3v) is 2.99. The van der Waals surface area contributed by atoms with E-state index in [1.165, 1.54) is 6.92 Å². The number of hydrogen-bond donors (Lipinski definition) is 1. The summed E-state index contributed by atoms with van der Waals surface area (Å²) < 4.78 is 10.8. The van der Waals surface area contributed by atoms with Crippen LogP contribution >= 0.6 is 0 Å². The van der Waals surface area contributed by atoms with Crippen LogP contribution in [-0.2, 0) is 14.3 Å². The minimum Gasteiger partial charge on any atom is -0.460 e. The molecule has 0 aliphatic carbocycles. The van der Waals surface area contributed by atoms with Crippen molar-refractivity contribution in [3.8, 4) is 0 Å². The van der Waals surface area contributed by atoms with Crippen molar-refractivity contribution in [3.63, 3.8) is 0 Å². The second-order valence-corrected chi connectivity index (χ2v) is 4.08. The van der Waals surface area contributed by atoms with Crippen molar-refractivity contribution in [1.82, 2.24) is 0 Å². The van der Waals surface area contributed by atoms with Gasteiger partial charge in [-0.2, -0.15) is 0 Å². The maximum atomic E-state index is 10.8. The van der Waals surface area contributed by atoms with Crippen LogP contribution < -0.4 is 0 Å². The van der Waals surface area contributed by atoms with Gasteiger partial charge < -0.3 is 14.6 Å². The molecule has 1 N–H and O–H groups in total. The molecule has 4 nitrogen and oxygen atoms in total. The lowest BCUT2D eigenvalue weighted by atomic mass is 9.88. The van der Waals surface area contributed by atoms with Crippen LogP contribution in [0.4, 0.5) is 0 Å². The predicted octanol–water partition coefficient (Wildman–Crippen LogP) is 0.620. The van der Waals surface area contributed by atoms with Crippen molar-refractivity contribution >= 4 is 5.97 Å². The normalized spacial score (nSPS) is 41.9. The summed E-state index contributed by atoms with van der Waals surface area (Å²) in [5.41, 5.74) is 0. The molecule has 0 radical (unpaired) electrons. The second-order valence-electron chi connectivity index (χ2n) is 4.08. The molecule has 80 valence electrons. The molecular formula is C10H16O4. The van der Waals surface area contributed by atoms with Gasteiger partial charge in [0.2, 0.25) is 0 Å². The zero-order valence-electron chi connectivity index (χ0n) is 8.31. The standard InChI is InChI=1S/C10H16O4/c1-6(11)13-9-5-4-8-7(12)2-3-10(9)14-8/h7-10,12H,2-5H2,1H3/t7-,8-,9-,10-/m1/s1. The molecule has 4 atom stereocenters. The fraction of sp³-hybridized carbons (Fsp3) is 0.900. The number of carbonyl (C=O) groups excluding carboxylic acids is 1. The van der Waals surface area contributed by atoms with Gasteiger partial charge in [-0.3, -0.25) is 4.79 Å². The highest BCUT2D eigenvalue weighted by atomic mass is 16.6. The Bertz CT molecular complexity index is 228. The lowest BCUT2D eigenvalue weighted by Gasteiger charge is -2.42. The first-order valence-electron chi connectivity index (χ1n) is 5.17. The van der Waals surface area contributed by atoms with Crippen LogP contribution in [0.2, 0.25) is 0 Å². The second kappa shape index (κ2) is 3.87. The van der Waals surface area contributed by atoms with Gasteiger partial charge in [0.15, 0.2) is 0 Å². The van der Waals surface area contributed by atoms with Crippen molar-refractivity contribution in [2.75, 3.05) is 0 Å². The highest BCUT2D eigenvalue weighted by Gasteiger charge is 2.40. The topological polar surface area (TPSA) is 55.8 Å². The summed E-state index contributed by atoms with van der Waals surface area (Å²) in [5.74, 6) is -0.247. The fourth-order valence-electron chi connectivity index (χ4n) is 2.30. The van der Waals surface area contributed by atoms with E-state index in [2.05, 4.69) is 0 Å². The minimum absolute atomic E-state index is 0.000972. The smallest absolute Gasteiger partial charge is 0.302 e. The molecule has 0 unspecified atom stereocenters. The van der Waals surface area contributed by atoms with E-state index in [-0.39, 0.29) is 30.4 Å². The number of aliphatic hydroxyl groups excluding tert-OH is 1. The molecular weight excluding hydrogens is 184 g/mol. The van der Waals surface area contributed by atoms with Crippen molar-refractivity contribution in [2.45, 2.75) is 57.0 Å². The molecule has 0 aromatic heterocycles. The van der Waals surface area contributed by atoms with Gasteiger partial charge in [-0.1, -0.05) is 0 Å². The number of aliphatic hydroxyl groups is 1. The molecule has 2 heterocycles. The molecule has 2 bridgehead atoms. The van der Waals surface area contributed by atoms with Crippen LogP contribution in [0.3, 0.4) is 0 Å². The molecule has 0 saturated carbocycles. The van der Waals surface area contributed by atoms with E-state index < -0.39 is 0 Å². The molecule has 0 amide bonds. The summed E-state index contributed by atoms with van der Waals surface area (Å²) in [6, 6.07) is 0. The molecule has 2 fully saturated rings. The lowest BCUT2D eigenvalue weighted by Crippen LogP contribution is -2.49. The molecule has 2 saturated heterocycles. The molecule has 14 heavy (non-hydrogen) atoms. The molecule has 2 aliphatic heterocycles. The van der Waals surface area contributed by atoms with E-state index in [0.717, 1.165) is 25.7 Å². The number of carbonyl (C=O) groups is 1. The van der Waals surface area contributed by atoms with Gasteiger partial charge >= 0.3 is 5.97 Å². The average Bonchev–Trinajstić information content (AvgIpc) is 2.14. The van der Waals surface area contributed by atoms with Crippen LogP contribution in [0.25, 0.3) is 0 Å². The van der Waals surface area contributed by atoms with Crippen LogP contribution in [0.1, 0.15) is 32.6 Å². The summed E-state index contributed by atoms with van der Waals surface area (Å²) in [7, 11) is 0. The molecule has 0 aromatic rings. The Morgan fingerprint density at radius 2 is 2.00 bits per heavy atom. The zero-order chi connectivity index (χ0) is 10.1.